The van der Waals surface area contributed by atoms with Crippen molar-refractivity contribution < 1.29 is 4.74 Å². The topological polar surface area (TPSA) is 9.23 Å². The van der Waals surface area contributed by atoms with Gasteiger partial charge in [-0.1, -0.05) is 188 Å². The Bertz CT molecular complexity index is 3220. The van der Waals surface area contributed by atoms with Gasteiger partial charge in [0.25, 0.3) is 0 Å². The fraction of sp³-hybridized carbons (Fsp3) is 0.0357. The maximum Gasteiger partial charge on any atom is 0.135 e. The van der Waals surface area contributed by atoms with Gasteiger partial charge in [0, 0.05) is 17.1 Å². The molecule has 10 aromatic carbocycles. The summed E-state index contributed by atoms with van der Waals surface area (Å²) in [7, 11) is 0. The molecule has 1 aliphatic heterocycles. The molecule has 2 aliphatic rings. The van der Waals surface area contributed by atoms with Crippen LogP contribution in [0.25, 0.3) is 92.8 Å². The van der Waals surface area contributed by atoms with Gasteiger partial charge in [-0.3, -0.25) is 0 Å². The summed E-state index contributed by atoms with van der Waals surface area (Å²) < 4.78 is 7.06. The fourth-order valence-corrected chi connectivity index (χ4v) is 9.96. The van der Waals surface area contributed by atoms with E-state index < -0.39 is 0 Å². The predicted octanol–water partition coefficient (Wildman–Crippen LogP) is 15.0. The van der Waals surface area contributed by atoms with Crippen LogP contribution < -0.4 is 4.74 Å². The first kappa shape index (κ1) is 32.1. The van der Waals surface area contributed by atoms with Crippen LogP contribution in [-0.4, -0.2) is 6.10 Å². The lowest BCUT2D eigenvalue weighted by Crippen LogP contribution is -2.21. The Morgan fingerprint density at radius 1 is 0.351 bits per heavy atom. The molecule has 1 heterocycles. The molecule has 1 heteroatoms. The van der Waals surface area contributed by atoms with E-state index in [1.54, 1.807) is 0 Å². The molecule has 2 atom stereocenters. The van der Waals surface area contributed by atoms with Crippen molar-refractivity contribution in [2.24, 2.45) is 0 Å². The van der Waals surface area contributed by atoms with Gasteiger partial charge in [0.15, 0.2) is 0 Å². The second-order valence-corrected chi connectivity index (χ2v) is 15.4. The van der Waals surface area contributed by atoms with E-state index in [9.17, 15) is 0 Å². The van der Waals surface area contributed by atoms with Crippen molar-refractivity contribution in [3.8, 4) is 39.1 Å². The van der Waals surface area contributed by atoms with Crippen molar-refractivity contribution in [2.75, 3.05) is 0 Å². The summed E-state index contributed by atoms with van der Waals surface area (Å²) in [6, 6.07) is 68.9. The van der Waals surface area contributed by atoms with E-state index in [0.29, 0.717) is 0 Å². The van der Waals surface area contributed by atoms with Crippen LogP contribution in [0.15, 0.2) is 206 Å². The molecule has 10 aromatic rings. The zero-order chi connectivity index (χ0) is 37.5. The third kappa shape index (κ3) is 4.89. The average Bonchev–Trinajstić information content (AvgIpc) is 3.66. The van der Waals surface area contributed by atoms with Gasteiger partial charge in [-0.2, -0.15) is 0 Å². The summed E-state index contributed by atoms with van der Waals surface area (Å²) in [5, 5.41) is 12.6. The molecule has 12 rings (SSSR count). The van der Waals surface area contributed by atoms with E-state index in [1.807, 2.05) is 0 Å². The van der Waals surface area contributed by atoms with Crippen molar-refractivity contribution in [1.29, 1.82) is 0 Å². The third-order valence-corrected chi connectivity index (χ3v) is 12.4. The zero-order valence-electron chi connectivity index (χ0n) is 31.2. The quantitative estimate of drug-likeness (QED) is 0.164. The summed E-state index contributed by atoms with van der Waals surface area (Å²) in [5.74, 6) is 1.04. The molecule has 0 radical (unpaired) electrons. The Balaban J connectivity index is 1.02. The van der Waals surface area contributed by atoms with E-state index in [2.05, 4.69) is 206 Å². The first-order chi connectivity index (χ1) is 28.3. The zero-order valence-corrected chi connectivity index (χ0v) is 31.2. The lowest BCUT2D eigenvalue weighted by Gasteiger charge is -2.26. The lowest BCUT2D eigenvalue weighted by molar-refractivity contribution is 0.278. The van der Waals surface area contributed by atoms with Crippen LogP contribution in [0.4, 0.5) is 0 Å². The van der Waals surface area contributed by atoms with E-state index in [0.717, 1.165) is 5.75 Å². The largest absolute Gasteiger partial charge is 0.484 e. The highest BCUT2D eigenvalue weighted by Gasteiger charge is 2.38. The summed E-state index contributed by atoms with van der Waals surface area (Å²) in [6.45, 7) is 0. The van der Waals surface area contributed by atoms with Crippen LogP contribution in [0.5, 0.6) is 5.75 Å². The Hall–Kier alpha value is -7.22. The van der Waals surface area contributed by atoms with Gasteiger partial charge in [0.1, 0.15) is 11.9 Å². The Kier molecular flexibility index (Phi) is 7.12. The predicted molar refractivity (Wildman–Crippen MR) is 241 cm³/mol. The normalized spacial score (nSPS) is 15.9. The van der Waals surface area contributed by atoms with Crippen molar-refractivity contribution in [1.82, 2.24) is 0 Å². The minimum atomic E-state index is -0.146. The molecule has 0 spiro atoms. The second kappa shape index (κ2) is 12.7. The Morgan fingerprint density at radius 3 is 1.39 bits per heavy atom. The number of ether oxygens (including phenoxy) is 1. The van der Waals surface area contributed by atoms with Crippen LogP contribution >= 0.6 is 0 Å². The molecule has 0 saturated heterocycles. The van der Waals surface area contributed by atoms with E-state index in [4.69, 9.17) is 4.74 Å². The van der Waals surface area contributed by atoms with Crippen molar-refractivity contribution >= 4 is 59.4 Å². The molecule has 0 fully saturated rings. The van der Waals surface area contributed by atoms with E-state index in [1.165, 1.54) is 104 Å². The van der Waals surface area contributed by atoms with Gasteiger partial charge >= 0.3 is 0 Å². The fourth-order valence-electron chi connectivity index (χ4n) is 9.96. The van der Waals surface area contributed by atoms with Crippen LogP contribution in [0, 0.1) is 0 Å². The Labute approximate surface area is 331 Å². The molecule has 1 nitrogen and oxygen atoms in total. The van der Waals surface area contributed by atoms with Gasteiger partial charge in [0.2, 0.25) is 0 Å². The van der Waals surface area contributed by atoms with Crippen LogP contribution in [0.1, 0.15) is 17.0 Å². The van der Waals surface area contributed by atoms with Crippen LogP contribution in [0.2, 0.25) is 0 Å². The summed E-state index contributed by atoms with van der Waals surface area (Å²) >= 11 is 0. The molecular formula is C56H36O. The van der Waals surface area contributed by atoms with Crippen LogP contribution in [0.3, 0.4) is 0 Å². The minimum absolute atomic E-state index is 0.0822. The number of fused-ring (bicyclic) bond motifs is 8. The van der Waals surface area contributed by atoms with Gasteiger partial charge in [-0.15, -0.1) is 0 Å². The van der Waals surface area contributed by atoms with Crippen molar-refractivity contribution in [2.45, 2.75) is 12.0 Å². The van der Waals surface area contributed by atoms with Crippen molar-refractivity contribution in [3.63, 3.8) is 0 Å². The SMILES string of the molecule is C1=CC2c3cc(-c4c5ccccc5c(-c5ccccc5)c5ccccc45)ccc3OC2C(c2c3ccccc3c(-c3ccc4ccccc4c3)c3ccccc23)=C1. The summed E-state index contributed by atoms with van der Waals surface area (Å²) in [5.41, 5.74) is 11.2. The average molecular weight is 725 g/mol. The molecule has 1 aliphatic carbocycles. The first-order valence-electron chi connectivity index (χ1n) is 19.9. The maximum absolute atomic E-state index is 7.06. The van der Waals surface area contributed by atoms with E-state index >= 15 is 0 Å². The standard InChI is InChI=1S/C56H36O/c1-2-16-36(17-3-1)52-40-19-6-8-21-42(40)54(43-22-9-7-20-41(43)52)39-31-32-51-50(34-39)48-27-14-28-49(56(48)57-51)55-46-25-12-10-23-44(46)53(45-24-11-13-26-47(45)55)38-30-29-35-15-4-5-18-37(35)33-38/h1-34,48,56H. The van der Waals surface area contributed by atoms with Gasteiger partial charge in [-0.05, 0) is 111 Å². The first-order valence-corrected chi connectivity index (χ1v) is 19.9. The molecule has 2 unspecified atom stereocenters. The van der Waals surface area contributed by atoms with Crippen molar-refractivity contribution in [3.05, 3.63) is 217 Å². The Morgan fingerprint density at radius 2 is 0.807 bits per heavy atom. The van der Waals surface area contributed by atoms with Gasteiger partial charge < -0.3 is 4.74 Å². The molecule has 266 valence electrons. The highest BCUT2D eigenvalue weighted by molar-refractivity contribution is 6.22. The highest BCUT2D eigenvalue weighted by atomic mass is 16.5. The molecule has 0 N–H and O–H groups in total. The molecule has 57 heavy (non-hydrogen) atoms. The molecule has 0 saturated carbocycles. The number of rotatable bonds is 4. The summed E-state index contributed by atoms with van der Waals surface area (Å²) in [6.07, 6.45) is 6.74. The van der Waals surface area contributed by atoms with Crippen LogP contribution in [-0.2, 0) is 0 Å². The number of hydrogen-bond donors (Lipinski definition) is 0. The molecular weight excluding hydrogens is 689 g/mol. The third-order valence-electron chi connectivity index (χ3n) is 12.4. The molecule has 0 amide bonds. The molecule has 0 bridgehead atoms. The maximum atomic E-state index is 7.06. The van der Waals surface area contributed by atoms with Gasteiger partial charge in [0.05, 0.1) is 0 Å². The monoisotopic (exact) mass is 724 g/mol. The number of benzene rings is 10. The smallest absolute Gasteiger partial charge is 0.135 e. The lowest BCUT2D eigenvalue weighted by atomic mass is 9.79. The molecule has 0 aromatic heterocycles. The minimum Gasteiger partial charge on any atom is -0.484 e. The number of hydrogen-bond acceptors (Lipinski definition) is 1. The second-order valence-electron chi connectivity index (χ2n) is 15.4. The summed E-state index contributed by atoms with van der Waals surface area (Å²) in [4.78, 5) is 0. The van der Waals surface area contributed by atoms with Gasteiger partial charge in [-0.25, -0.2) is 0 Å². The number of allylic oxidation sites excluding steroid dienone is 2. The highest BCUT2D eigenvalue weighted by Crippen LogP contribution is 2.52. The van der Waals surface area contributed by atoms with E-state index in [-0.39, 0.29) is 12.0 Å².